The van der Waals surface area contributed by atoms with Gasteiger partial charge in [-0.3, -0.25) is 19.8 Å². The molecule has 0 radical (unpaired) electrons. The van der Waals surface area contributed by atoms with Gasteiger partial charge in [-0.1, -0.05) is 0 Å². The Morgan fingerprint density at radius 3 is 2.24 bits per heavy atom. The number of fused-ring (bicyclic) bond motifs is 1. The highest BCUT2D eigenvalue weighted by atomic mass is 19.4. The van der Waals surface area contributed by atoms with Gasteiger partial charge >= 0.3 is 6.18 Å². The zero-order chi connectivity index (χ0) is 23.7. The van der Waals surface area contributed by atoms with Crippen molar-refractivity contribution in [2.24, 2.45) is 0 Å². The number of nitrogens with one attached hydrogen (secondary N) is 1. The fourth-order valence-corrected chi connectivity index (χ4v) is 4.88. The van der Waals surface area contributed by atoms with Crippen LogP contribution in [0.1, 0.15) is 42.4 Å². The van der Waals surface area contributed by atoms with E-state index in [4.69, 9.17) is 0 Å². The molecule has 2 aliphatic rings. The Bertz CT molecular complexity index is 1170. The highest BCUT2D eigenvalue weighted by Gasteiger charge is 2.31. The number of hydrogen-bond acceptors (Lipinski definition) is 6. The molecule has 4 heterocycles. The Morgan fingerprint density at radius 2 is 1.56 bits per heavy atom. The van der Waals surface area contributed by atoms with E-state index in [0.29, 0.717) is 23.4 Å². The summed E-state index contributed by atoms with van der Waals surface area (Å²) in [6.07, 6.45) is 2.48. The summed E-state index contributed by atoms with van der Waals surface area (Å²) in [6, 6.07) is 6.67. The van der Waals surface area contributed by atoms with Crippen molar-refractivity contribution in [2.75, 3.05) is 31.5 Å². The Kier molecular flexibility index (Phi) is 6.31. The number of nitrogens with zero attached hydrogens (tertiary/aromatic N) is 4. The molecule has 1 aromatic carbocycles. The zero-order valence-corrected chi connectivity index (χ0v) is 18.9. The maximum atomic E-state index is 13.1. The topological polar surface area (TPSA) is 64.5 Å². The SMILES string of the molecule is Oc1c(CN2CCCC2)cc(CN2CCCC2)cc1Nc1ccnc2cc(C(F)(F)F)cnc12. The first kappa shape index (κ1) is 22.9. The fraction of sp³-hybridized carbons (Fsp3) is 0.440. The van der Waals surface area contributed by atoms with Crippen molar-refractivity contribution in [3.8, 4) is 5.75 Å². The molecule has 2 aromatic heterocycles. The molecule has 0 aliphatic carbocycles. The van der Waals surface area contributed by atoms with Gasteiger partial charge in [0.2, 0.25) is 0 Å². The molecular weight excluding hydrogens is 443 g/mol. The van der Waals surface area contributed by atoms with Crippen LogP contribution in [0.4, 0.5) is 24.5 Å². The number of pyridine rings is 2. The number of benzene rings is 1. The number of rotatable bonds is 6. The van der Waals surface area contributed by atoms with E-state index >= 15 is 0 Å². The maximum Gasteiger partial charge on any atom is 0.417 e. The molecule has 5 rings (SSSR count). The van der Waals surface area contributed by atoms with Crippen LogP contribution in [0.3, 0.4) is 0 Å². The van der Waals surface area contributed by atoms with Gasteiger partial charge in [-0.15, -0.1) is 0 Å². The quantitative estimate of drug-likeness (QED) is 0.477. The first-order valence-electron chi connectivity index (χ1n) is 11.8. The average molecular weight is 472 g/mol. The Hall–Kier alpha value is -2.91. The molecule has 34 heavy (non-hydrogen) atoms. The molecule has 9 heteroatoms. The first-order chi connectivity index (χ1) is 16.4. The van der Waals surface area contributed by atoms with Crippen LogP contribution in [0.2, 0.25) is 0 Å². The Balaban J connectivity index is 1.49. The lowest BCUT2D eigenvalue weighted by atomic mass is 10.1. The second-order valence-electron chi connectivity index (χ2n) is 9.19. The number of halogens is 3. The molecule has 0 spiro atoms. The predicted molar refractivity (Wildman–Crippen MR) is 125 cm³/mol. The molecule has 0 amide bonds. The van der Waals surface area contributed by atoms with E-state index in [9.17, 15) is 18.3 Å². The van der Waals surface area contributed by atoms with Gasteiger partial charge in [0.05, 0.1) is 22.5 Å². The highest BCUT2D eigenvalue weighted by Crippen LogP contribution is 2.36. The third kappa shape index (κ3) is 4.95. The van der Waals surface area contributed by atoms with Crippen molar-refractivity contribution in [1.29, 1.82) is 0 Å². The lowest BCUT2D eigenvalue weighted by Crippen LogP contribution is -2.20. The molecule has 2 saturated heterocycles. The fourth-order valence-electron chi connectivity index (χ4n) is 4.88. The van der Waals surface area contributed by atoms with Crippen molar-refractivity contribution >= 4 is 22.4 Å². The lowest BCUT2D eigenvalue weighted by molar-refractivity contribution is -0.137. The van der Waals surface area contributed by atoms with Crippen molar-refractivity contribution in [2.45, 2.75) is 44.9 Å². The average Bonchev–Trinajstić information content (AvgIpc) is 3.50. The maximum absolute atomic E-state index is 13.1. The van der Waals surface area contributed by atoms with Gasteiger partial charge in [0.1, 0.15) is 11.3 Å². The monoisotopic (exact) mass is 471 g/mol. The summed E-state index contributed by atoms with van der Waals surface area (Å²) in [5.41, 5.74) is 2.60. The van der Waals surface area contributed by atoms with Crippen LogP contribution in [0.25, 0.3) is 11.0 Å². The van der Waals surface area contributed by atoms with Gasteiger partial charge in [-0.25, -0.2) is 0 Å². The van der Waals surface area contributed by atoms with Gasteiger partial charge in [0.25, 0.3) is 0 Å². The molecule has 2 N–H and O–H groups in total. The minimum absolute atomic E-state index is 0.143. The van der Waals surface area contributed by atoms with Gasteiger partial charge in [0, 0.05) is 31.0 Å². The number of alkyl halides is 3. The molecular formula is C25H28F3N5O. The van der Waals surface area contributed by atoms with Crippen molar-refractivity contribution < 1.29 is 18.3 Å². The normalized spacial score (nSPS) is 17.6. The minimum atomic E-state index is -4.49. The second-order valence-corrected chi connectivity index (χ2v) is 9.19. The Labute approximate surface area is 196 Å². The number of likely N-dealkylation sites (tertiary alicyclic amines) is 2. The number of anilines is 2. The summed E-state index contributed by atoms with van der Waals surface area (Å²) in [7, 11) is 0. The number of phenolic OH excluding ortho intramolecular Hbond substituents is 1. The molecule has 2 fully saturated rings. The van der Waals surface area contributed by atoms with Gasteiger partial charge in [-0.2, -0.15) is 13.2 Å². The molecule has 0 atom stereocenters. The van der Waals surface area contributed by atoms with Crippen LogP contribution in [0.15, 0.2) is 36.7 Å². The standard InChI is InChI=1S/C25H28F3N5O/c26-25(27,28)19-13-21-23(30-14-19)20(5-6-29-21)31-22-12-17(15-32-7-1-2-8-32)11-18(24(22)34)16-33-9-3-4-10-33/h5-6,11-14,34H,1-4,7-10,15-16H2,(H,29,31). The number of hydrogen-bond donors (Lipinski definition) is 2. The summed E-state index contributed by atoms with van der Waals surface area (Å²) in [5, 5.41) is 14.4. The van der Waals surface area contributed by atoms with Crippen LogP contribution >= 0.6 is 0 Å². The molecule has 180 valence electrons. The van der Waals surface area contributed by atoms with Gasteiger partial charge < -0.3 is 10.4 Å². The van der Waals surface area contributed by atoms with Crippen molar-refractivity contribution in [3.05, 3.63) is 53.3 Å². The van der Waals surface area contributed by atoms with Crippen LogP contribution in [0, 0.1) is 0 Å². The molecule has 6 nitrogen and oxygen atoms in total. The van der Waals surface area contributed by atoms with Crippen LogP contribution in [-0.4, -0.2) is 51.1 Å². The molecule has 0 saturated carbocycles. The highest BCUT2D eigenvalue weighted by molar-refractivity contribution is 5.90. The summed E-state index contributed by atoms with van der Waals surface area (Å²) in [5.74, 6) is 0.161. The van der Waals surface area contributed by atoms with E-state index in [-0.39, 0.29) is 11.3 Å². The van der Waals surface area contributed by atoms with E-state index in [0.717, 1.165) is 69.0 Å². The summed E-state index contributed by atoms with van der Waals surface area (Å²) in [4.78, 5) is 12.8. The molecule has 0 unspecified atom stereocenters. The van der Waals surface area contributed by atoms with E-state index in [1.165, 1.54) is 19.0 Å². The summed E-state index contributed by atoms with van der Waals surface area (Å²) >= 11 is 0. The minimum Gasteiger partial charge on any atom is -0.505 e. The largest absolute Gasteiger partial charge is 0.505 e. The lowest BCUT2D eigenvalue weighted by Gasteiger charge is -2.21. The third-order valence-corrected chi connectivity index (χ3v) is 6.62. The van der Waals surface area contributed by atoms with Gasteiger partial charge in [0.15, 0.2) is 0 Å². The van der Waals surface area contributed by atoms with Crippen molar-refractivity contribution in [3.63, 3.8) is 0 Å². The zero-order valence-electron chi connectivity index (χ0n) is 18.9. The van der Waals surface area contributed by atoms with Gasteiger partial charge in [-0.05, 0) is 81.7 Å². The van der Waals surface area contributed by atoms with Crippen molar-refractivity contribution in [1.82, 2.24) is 19.8 Å². The van der Waals surface area contributed by atoms with E-state index in [1.807, 2.05) is 6.07 Å². The summed E-state index contributed by atoms with van der Waals surface area (Å²) < 4.78 is 39.3. The summed E-state index contributed by atoms with van der Waals surface area (Å²) in [6.45, 7) is 5.61. The molecule has 2 aliphatic heterocycles. The first-order valence-corrected chi connectivity index (χ1v) is 11.8. The third-order valence-electron chi connectivity index (χ3n) is 6.62. The number of phenols is 1. The predicted octanol–water partition coefficient (Wildman–Crippen LogP) is 5.29. The van der Waals surface area contributed by atoms with E-state index in [1.54, 1.807) is 6.07 Å². The smallest absolute Gasteiger partial charge is 0.417 e. The number of aromatic nitrogens is 2. The van der Waals surface area contributed by atoms with Crippen LogP contribution < -0.4 is 5.32 Å². The van der Waals surface area contributed by atoms with Crippen LogP contribution in [0.5, 0.6) is 5.75 Å². The second kappa shape index (κ2) is 9.38. The Morgan fingerprint density at radius 1 is 0.882 bits per heavy atom. The van der Waals surface area contributed by atoms with E-state index < -0.39 is 11.7 Å². The van der Waals surface area contributed by atoms with E-state index in [2.05, 4.69) is 31.2 Å². The number of aromatic hydroxyl groups is 1. The van der Waals surface area contributed by atoms with Crippen LogP contribution in [-0.2, 0) is 19.3 Å². The molecule has 3 aromatic rings. The molecule has 0 bridgehead atoms.